The lowest BCUT2D eigenvalue weighted by Crippen LogP contribution is -2.48. The molecule has 1 aliphatic rings. The van der Waals surface area contributed by atoms with Crippen LogP contribution in [0.3, 0.4) is 0 Å². The summed E-state index contributed by atoms with van der Waals surface area (Å²) in [4.78, 5) is 0. The molecule has 0 radical (unpaired) electrons. The summed E-state index contributed by atoms with van der Waals surface area (Å²) in [5.74, 6) is -0.524. The van der Waals surface area contributed by atoms with Crippen LogP contribution in [0.15, 0.2) is 0 Å². The quantitative estimate of drug-likeness (QED) is 0.754. The van der Waals surface area contributed by atoms with Crippen molar-refractivity contribution in [3.05, 3.63) is 0 Å². The van der Waals surface area contributed by atoms with Crippen LogP contribution in [0.2, 0.25) is 0 Å². The van der Waals surface area contributed by atoms with Crippen molar-refractivity contribution in [3.8, 4) is 0 Å². The predicted octanol–water partition coefficient (Wildman–Crippen LogP) is 2.14. The van der Waals surface area contributed by atoms with Gasteiger partial charge in [0, 0.05) is 19.0 Å². The fraction of sp³-hybridized carbons (Fsp3) is 1.00. The molecule has 1 fully saturated rings. The molecule has 0 aliphatic carbocycles. The lowest BCUT2D eigenvalue weighted by Gasteiger charge is -2.33. The second kappa shape index (κ2) is 4.37. The lowest BCUT2D eigenvalue weighted by molar-refractivity contribution is 0.198. The van der Waals surface area contributed by atoms with Crippen LogP contribution in [0, 0.1) is 5.92 Å². The van der Waals surface area contributed by atoms with Gasteiger partial charge in [-0.3, -0.25) is 0 Å². The highest BCUT2D eigenvalue weighted by Gasteiger charge is 2.46. The molecule has 0 amide bonds. The number of alkyl halides is 1. The van der Waals surface area contributed by atoms with E-state index in [1.807, 2.05) is 0 Å². The Morgan fingerprint density at radius 2 is 1.67 bits per heavy atom. The molecule has 5 heteroatoms. The van der Waals surface area contributed by atoms with Gasteiger partial charge in [0.05, 0.1) is 0 Å². The molecular formula is C10H20FNO2S. The Balaban J connectivity index is 2.90. The van der Waals surface area contributed by atoms with Crippen LogP contribution < -0.4 is 0 Å². The van der Waals surface area contributed by atoms with E-state index in [1.165, 1.54) is 11.2 Å². The van der Waals surface area contributed by atoms with Crippen LogP contribution >= 0.6 is 0 Å². The van der Waals surface area contributed by atoms with Gasteiger partial charge in [-0.15, -0.1) is 0 Å². The van der Waals surface area contributed by atoms with E-state index >= 15 is 0 Å². The minimum absolute atomic E-state index is 0.467. The van der Waals surface area contributed by atoms with Crippen LogP contribution in [-0.4, -0.2) is 30.8 Å². The average Bonchev–Trinajstić information content (AvgIpc) is 2.18. The Bertz CT molecular complexity index is 305. The Hall–Kier alpha value is -0.160. The van der Waals surface area contributed by atoms with Gasteiger partial charge in [0.15, 0.2) is 0 Å². The second-order valence-electron chi connectivity index (χ2n) is 4.61. The van der Waals surface area contributed by atoms with Crippen molar-refractivity contribution in [2.24, 2.45) is 5.92 Å². The van der Waals surface area contributed by atoms with Crippen LogP contribution in [0.1, 0.15) is 40.0 Å². The molecule has 1 unspecified atom stereocenters. The maximum atomic E-state index is 14.1. The number of sulfonamides is 1. The van der Waals surface area contributed by atoms with Crippen molar-refractivity contribution in [3.63, 3.8) is 0 Å². The van der Waals surface area contributed by atoms with Gasteiger partial charge < -0.3 is 0 Å². The molecule has 1 heterocycles. The van der Waals surface area contributed by atoms with Crippen molar-refractivity contribution >= 4 is 10.0 Å². The molecule has 15 heavy (non-hydrogen) atoms. The van der Waals surface area contributed by atoms with Gasteiger partial charge in [-0.25, -0.2) is 12.8 Å². The third kappa shape index (κ3) is 2.33. The van der Waals surface area contributed by atoms with E-state index in [9.17, 15) is 12.8 Å². The average molecular weight is 237 g/mol. The minimum Gasteiger partial charge on any atom is -0.225 e. The van der Waals surface area contributed by atoms with E-state index < -0.39 is 20.9 Å². The summed E-state index contributed by atoms with van der Waals surface area (Å²) in [6.45, 7) is 5.30. The van der Waals surface area contributed by atoms with Gasteiger partial charge >= 0.3 is 0 Å². The summed E-state index contributed by atoms with van der Waals surface area (Å²) in [7, 11) is -3.79. The molecule has 1 aliphatic heterocycles. The summed E-state index contributed by atoms with van der Waals surface area (Å²) < 4.78 is 39.4. The van der Waals surface area contributed by atoms with Crippen molar-refractivity contribution in [1.29, 1.82) is 0 Å². The maximum absolute atomic E-state index is 14.1. The van der Waals surface area contributed by atoms with Crippen molar-refractivity contribution < 1.29 is 12.8 Å². The zero-order valence-corrected chi connectivity index (χ0v) is 10.5. The molecule has 0 saturated carbocycles. The van der Waals surface area contributed by atoms with E-state index in [4.69, 9.17) is 0 Å². The molecule has 90 valence electrons. The third-order valence-electron chi connectivity index (χ3n) is 3.19. The van der Waals surface area contributed by atoms with Gasteiger partial charge in [0.1, 0.15) is 0 Å². The van der Waals surface area contributed by atoms with E-state index in [0.29, 0.717) is 13.1 Å². The topological polar surface area (TPSA) is 37.4 Å². The Kier molecular flexibility index (Phi) is 3.76. The number of halogens is 1. The fourth-order valence-electron chi connectivity index (χ4n) is 1.66. The van der Waals surface area contributed by atoms with Crippen LogP contribution in [0.5, 0.6) is 0 Å². The van der Waals surface area contributed by atoms with Gasteiger partial charge in [0.25, 0.3) is 0 Å². The highest BCUT2D eigenvalue weighted by Crippen LogP contribution is 2.32. The first-order valence-corrected chi connectivity index (χ1v) is 6.92. The third-order valence-corrected chi connectivity index (χ3v) is 5.72. The number of nitrogens with zero attached hydrogens (tertiary/aromatic N) is 1. The van der Waals surface area contributed by atoms with Crippen LogP contribution in [-0.2, 0) is 10.0 Å². The molecule has 0 aromatic heterocycles. The van der Waals surface area contributed by atoms with E-state index in [0.717, 1.165) is 19.3 Å². The summed E-state index contributed by atoms with van der Waals surface area (Å²) in [6, 6.07) is 0. The van der Waals surface area contributed by atoms with E-state index in [2.05, 4.69) is 0 Å². The van der Waals surface area contributed by atoms with Gasteiger partial charge in [-0.05, 0) is 19.8 Å². The molecule has 1 saturated heterocycles. The Morgan fingerprint density at radius 1 is 1.20 bits per heavy atom. The Morgan fingerprint density at radius 3 is 2.07 bits per heavy atom. The Labute approximate surface area is 91.7 Å². The molecule has 0 aromatic rings. The molecular weight excluding hydrogens is 217 g/mol. The lowest BCUT2D eigenvalue weighted by atomic mass is 10.1. The fourth-order valence-corrected chi connectivity index (χ4v) is 3.50. The number of hydrogen-bond donors (Lipinski definition) is 0. The summed E-state index contributed by atoms with van der Waals surface area (Å²) in [5.41, 5.74) is 0. The minimum atomic E-state index is -3.79. The molecule has 1 atom stereocenters. The largest absolute Gasteiger partial charge is 0.249 e. The second-order valence-corrected chi connectivity index (χ2v) is 6.87. The molecule has 3 nitrogen and oxygen atoms in total. The molecule has 0 bridgehead atoms. The summed E-state index contributed by atoms with van der Waals surface area (Å²) in [6.07, 6.45) is 2.72. The van der Waals surface area contributed by atoms with Gasteiger partial charge in [0.2, 0.25) is 15.0 Å². The maximum Gasteiger partial charge on any atom is 0.249 e. The molecule has 0 spiro atoms. The number of hydrogen-bond acceptors (Lipinski definition) is 2. The zero-order chi connectivity index (χ0) is 11.7. The van der Waals surface area contributed by atoms with Gasteiger partial charge in [-0.1, -0.05) is 20.3 Å². The van der Waals surface area contributed by atoms with Gasteiger partial charge in [-0.2, -0.15) is 4.31 Å². The highest BCUT2D eigenvalue weighted by molar-refractivity contribution is 7.90. The molecule has 0 aromatic carbocycles. The zero-order valence-electron chi connectivity index (χ0n) is 9.66. The standard InChI is InChI=1S/C10H20FNO2S/c1-9(2)10(3,11)15(13,14)12-7-5-4-6-8-12/h9H,4-8H2,1-3H3. The van der Waals surface area contributed by atoms with Crippen molar-refractivity contribution in [1.82, 2.24) is 4.31 Å². The van der Waals surface area contributed by atoms with Crippen molar-refractivity contribution in [2.75, 3.05) is 13.1 Å². The van der Waals surface area contributed by atoms with E-state index in [-0.39, 0.29) is 0 Å². The summed E-state index contributed by atoms with van der Waals surface area (Å²) >= 11 is 0. The predicted molar refractivity (Wildman–Crippen MR) is 58.7 cm³/mol. The number of piperidine rings is 1. The first-order chi connectivity index (χ1) is 6.80. The van der Waals surface area contributed by atoms with Crippen molar-refractivity contribution in [2.45, 2.75) is 45.0 Å². The molecule has 0 N–H and O–H groups in total. The first kappa shape index (κ1) is 12.9. The SMILES string of the molecule is CC(C)C(C)(F)S(=O)(=O)N1CCCCC1. The highest BCUT2D eigenvalue weighted by atomic mass is 32.2. The molecule has 1 rings (SSSR count). The number of rotatable bonds is 3. The van der Waals surface area contributed by atoms with E-state index in [1.54, 1.807) is 13.8 Å². The summed E-state index contributed by atoms with van der Waals surface area (Å²) in [5, 5.41) is -2.15. The van der Waals surface area contributed by atoms with Crippen LogP contribution in [0.4, 0.5) is 4.39 Å². The normalized spacial score (nSPS) is 24.1. The smallest absolute Gasteiger partial charge is 0.225 e. The first-order valence-electron chi connectivity index (χ1n) is 5.48. The van der Waals surface area contributed by atoms with Crippen LogP contribution in [0.25, 0.3) is 0 Å². The monoisotopic (exact) mass is 237 g/mol.